The van der Waals surface area contributed by atoms with Gasteiger partial charge in [0.1, 0.15) is 0 Å². The van der Waals surface area contributed by atoms with E-state index in [9.17, 15) is 4.79 Å². The number of carbonyl (C=O) groups is 1. The van der Waals surface area contributed by atoms with Crippen LogP contribution in [0.4, 0.5) is 4.79 Å². The van der Waals surface area contributed by atoms with Crippen LogP contribution < -0.4 is 5.43 Å². The second-order valence-electron chi connectivity index (χ2n) is 1.99. The average Bonchev–Trinajstić information content (AvgIpc) is 2.35. The zero-order chi connectivity index (χ0) is 9.14. The van der Waals surface area contributed by atoms with Crippen molar-refractivity contribution in [1.29, 1.82) is 0 Å². The Hall–Kier alpha value is -1.85. The van der Waals surface area contributed by atoms with Gasteiger partial charge in [-0.3, -0.25) is 0 Å². The topological polar surface area (TPSA) is 83.7 Å². The van der Waals surface area contributed by atoms with Gasteiger partial charge in [0.15, 0.2) is 0 Å². The molecule has 0 unspecified atom stereocenters. The third kappa shape index (κ3) is 1.42. The predicted octanol–water partition coefficient (Wildman–Crippen LogP) is 0.209. The second-order valence-corrected chi connectivity index (χ2v) is 1.99. The fourth-order valence-electron chi connectivity index (χ4n) is 0.667. The maximum Gasteiger partial charge on any atom is 0.426 e. The van der Waals surface area contributed by atoms with E-state index in [1.165, 1.54) is 19.2 Å². The Labute approximate surface area is 68.0 Å². The lowest BCUT2D eigenvalue weighted by atomic mass is 10.6. The number of amides is 1. The predicted molar refractivity (Wildman–Crippen MR) is 39.5 cm³/mol. The number of hydrogen-bond donors (Lipinski definition) is 3. The van der Waals surface area contributed by atoms with Gasteiger partial charge in [-0.2, -0.15) is 4.68 Å². The van der Waals surface area contributed by atoms with Gasteiger partial charge < -0.3 is 14.9 Å². The van der Waals surface area contributed by atoms with Crippen LogP contribution in [0.3, 0.4) is 0 Å². The van der Waals surface area contributed by atoms with E-state index >= 15 is 0 Å². The minimum absolute atomic E-state index is 0.280. The normalized spacial score (nSPS) is 9.42. The summed E-state index contributed by atoms with van der Waals surface area (Å²) in [6, 6.07) is 2.45. The molecular weight excluding hydrogens is 164 g/mol. The largest absolute Gasteiger partial charge is 0.493 e. The third-order valence-electron chi connectivity index (χ3n) is 1.23. The van der Waals surface area contributed by atoms with Gasteiger partial charge in [-0.1, -0.05) is 0 Å². The van der Waals surface area contributed by atoms with E-state index in [-0.39, 0.29) is 11.8 Å². The van der Waals surface area contributed by atoms with Crippen LogP contribution in [-0.4, -0.2) is 28.1 Å². The van der Waals surface area contributed by atoms with Gasteiger partial charge in [0.05, 0.1) is 7.11 Å². The van der Waals surface area contributed by atoms with Crippen molar-refractivity contribution in [3.05, 3.63) is 12.1 Å². The molecule has 0 atom stereocenters. The summed E-state index contributed by atoms with van der Waals surface area (Å²) < 4.78 is 5.02. The summed E-state index contributed by atoms with van der Waals surface area (Å²) in [6.07, 6.45) is -0.781. The van der Waals surface area contributed by atoms with E-state index in [0.29, 0.717) is 0 Å². The summed E-state index contributed by atoms with van der Waals surface area (Å²) in [7, 11) is 1.17. The molecule has 0 aliphatic rings. The van der Waals surface area contributed by atoms with Crippen molar-refractivity contribution < 1.29 is 19.7 Å². The molecule has 1 amide bonds. The lowest BCUT2D eigenvalue weighted by Crippen LogP contribution is -2.21. The van der Waals surface area contributed by atoms with Crippen molar-refractivity contribution in [2.45, 2.75) is 0 Å². The first-order valence-corrected chi connectivity index (χ1v) is 3.10. The molecular formula is C6H8N2O4. The molecule has 0 fully saturated rings. The summed E-state index contributed by atoms with van der Waals surface area (Å²) in [4.78, 5) is 10.6. The SMILES string of the molecule is COC(=O)Nn1c(O)ccc1O. The Morgan fingerprint density at radius 3 is 2.42 bits per heavy atom. The quantitative estimate of drug-likeness (QED) is 0.565. The Morgan fingerprint density at radius 2 is 2.00 bits per heavy atom. The molecule has 0 aliphatic carbocycles. The van der Waals surface area contributed by atoms with Gasteiger partial charge in [0, 0.05) is 12.1 Å². The Kier molecular flexibility index (Phi) is 2.09. The van der Waals surface area contributed by atoms with E-state index in [0.717, 1.165) is 4.68 Å². The molecule has 12 heavy (non-hydrogen) atoms. The van der Waals surface area contributed by atoms with Gasteiger partial charge >= 0.3 is 6.09 Å². The maximum atomic E-state index is 10.6. The molecule has 0 aliphatic heterocycles. The third-order valence-corrected chi connectivity index (χ3v) is 1.23. The van der Waals surface area contributed by atoms with Gasteiger partial charge in [-0.15, -0.1) is 0 Å². The first-order chi connectivity index (χ1) is 5.65. The first-order valence-electron chi connectivity index (χ1n) is 3.10. The summed E-state index contributed by atoms with van der Waals surface area (Å²) in [5, 5.41) is 18.0. The molecule has 6 nitrogen and oxygen atoms in total. The Balaban J connectivity index is 2.80. The van der Waals surface area contributed by atoms with Crippen LogP contribution in [0, 0.1) is 0 Å². The number of aromatic hydroxyl groups is 2. The second kappa shape index (κ2) is 3.04. The zero-order valence-electron chi connectivity index (χ0n) is 6.31. The molecule has 66 valence electrons. The van der Waals surface area contributed by atoms with Crippen molar-refractivity contribution in [3.63, 3.8) is 0 Å². The molecule has 3 N–H and O–H groups in total. The van der Waals surface area contributed by atoms with E-state index in [4.69, 9.17) is 10.2 Å². The standard InChI is InChI=1S/C6H8N2O4/c1-12-6(11)7-8-4(9)2-3-5(8)10/h2-3,9-10H,1H3,(H,7,11). The number of nitrogens with zero attached hydrogens (tertiary/aromatic N) is 1. The highest BCUT2D eigenvalue weighted by Gasteiger charge is 2.08. The Bertz CT molecular complexity index is 274. The maximum absolute atomic E-state index is 10.6. The van der Waals surface area contributed by atoms with Crippen LogP contribution in [0.25, 0.3) is 0 Å². The molecule has 1 aromatic rings. The van der Waals surface area contributed by atoms with Crippen LogP contribution in [0.2, 0.25) is 0 Å². The van der Waals surface area contributed by atoms with Crippen molar-refractivity contribution >= 4 is 6.09 Å². The molecule has 6 heteroatoms. The number of carbonyl (C=O) groups excluding carboxylic acids is 1. The van der Waals surface area contributed by atoms with Crippen molar-refractivity contribution in [3.8, 4) is 11.8 Å². The highest BCUT2D eigenvalue weighted by molar-refractivity contribution is 5.76. The highest BCUT2D eigenvalue weighted by Crippen LogP contribution is 2.18. The van der Waals surface area contributed by atoms with Crippen LogP contribution in [0.15, 0.2) is 12.1 Å². The minimum Gasteiger partial charge on any atom is -0.493 e. The Morgan fingerprint density at radius 1 is 1.50 bits per heavy atom. The van der Waals surface area contributed by atoms with Crippen LogP contribution in [0.1, 0.15) is 0 Å². The fraction of sp³-hybridized carbons (Fsp3) is 0.167. The summed E-state index contributed by atoms with van der Waals surface area (Å²) >= 11 is 0. The summed E-state index contributed by atoms with van der Waals surface area (Å²) in [5.41, 5.74) is 2.06. The van der Waals surface area contributed by atoms with Crippen molar-refractivity contribution in [2.24, 2.45) is 0 Å². The smallest absolute Gasteiger partial charge is 0.426 e. The van der Waals surface area contributed by atoms with Crippen LogP contribution >= 0.6 is 0 Å². The fourth-order valence-corrected chi connectivity index (χ4v) is 0.667. The molecule has 0 spiro atoms. The molecule has 0 saturated heterocycles. The monoisotopic (exact) mass is 172 g/mol. The molecule has 1 rings (SSSR count). The molecule has 0 saturated carbocycles. The number of nitrogens with one attached hydrogen (secondary N) is 1. The van der Waals surface area contributed by atoms with Crippen LogP contribution in [0.5, 0.6) is 11.8 Å². The lowest BCUT2D eigenvalue weighted by molar-refractivity contribution is 0.181. The van der Waals surface area contributed by atoms with E-state index in [1.807, 2.05) is 0 Å². The van der Waals surface area contributed by atoms with Crippen molar-refractivity contribution in [2.75, 3.05) is 12.5 Å². The minimum atomic E-state index is -0.781. The lowest BCUT2D eigenvalue weighted by Gasteiger charge is -2.06. The average molecular weight is 172 g/mol. The molecule has 0 radical (unpaired) electrons. The van der Waals surface area contributed by atoms with Gasteiger partial charge in [0.2, 0.25) is 11.8 Å². The molecule has 0 aromatic carbocycles. The number of methoxy groups -OCH3 is 1. The van der Waals surface area contributed by atoms with Gasteiger partial charge in [-0.25, -0.2) is 10.2 Å². The van der Waals surface area contributed by atoms with Gasteiger partial charge in [0.25, 0.3) is 0 Å². The van der Waals surface area contributed by atoms with Crippen molar-refractivity contribution in [1.82, 2.24) is 4.68 Å². The summed E-state index contributed by atoms with van der Waals surface area (Å²) in [6.45, 7) is 0. The number of ether oxygens (including phenoxy) is 1. The number of rotatable bonds is 1. The van der Waals surface area contributed by atoms with E-state index in [1.54, 1.807) is 0 Å². The van der Waals surface area contributed by atoms with Gasteiger partial charge in [-0.05, 0) is 0 Å². The molecule has 0 bridgehead atoms. The van der Waals surface area contributed by atoms with E-state index in [2.05, 4.69) is 10.2 Å². The zero-order valence-corrected chi connectivity index (χ0v) is 6.31. The van der Waals surface area contributed by atoms with Crippen LogP contribution in [-0.2, 0) is 4.74 Å². The number of hydrogen-bond acceptors (Lipinski definition) is 4. The summed E-state index contributed by atoms with van der Waals surface area (Å²) in [5.74, 6) is -0.559. The number of aromatic nitrogens is 1. The highest BCUT2D eigenvalue weighted by atomic mass is 16.5. The molecule has 1 heterocycles. The van der Waals surface area contributed by atoms with E-state index < -0.39 is 6.09 Å². The molecule has 1 aromatic heterocycles. The first kappa shape index (κ1) is 8.25.